The van der Waals surface area contributed by atoms with E-state index in [4.69, 9.17) is 4.74 Å². The minimum absolute atomic E-state index is 0.0860. The first-order chi connectivity index (χ1) is 16.1. The molecule has 0 spiro atoms. The van der Waals surface area contributed by atoms with Crippen molar-refractivity contribution in [2.45, 2.75) is 12.8 Å². The van der Waals surface area contributed by atoms with Crippen molar-refractivity contribution < 1.29 is 14.3 Å². The number of carbonyl (C=O) groups excluding carboxylic acids is 2. The summed E-state index contributed by atoms with van der Waals surface area (Å²) < 4.78 is 6.65. The summed E-state index contributed by atoms with van der Waals surface area (Å²) >= 11 is 0. The molecule has 1 aromatic heterocycles. The third-order valence-corrected chi connectivity index (χ3v) is 6.39. The number of hydrogen-bond donors (Lipinski definition) is 0. The smallest absolute Gasteiger partial charge is 0.279 e. The lowest BCUT2D eigenvalue weighted by atomic mass is 9.95. The SMILES string of the molecule is O=C(c1nn(-c2ccccc2)c(=O)c2ccccc12)N1CCC[C@@H](C(=O)N2CCOCC2)C1. The van der Waals surface area contributed by atoms with Crippen molar-refractivity contribution in [3.63, 3.8) is 0 Å². The molecule has 3 aromatic rings. The number of fused-ring (bicyclic) bond motifs is 1. The maximum Gasteiger partial charge on any atom is 0.279 e. The largest absolute Gasteiger partial charge is 0.378 e. The standard InChI is InChI=1S/C25H26N4O4/c30-23(27-13-15-33-16-14-27)18-7-6-12-28(17-18)25(32)22-20-10-4-5-11-21(20)24(31)29(26-22)19-8-2-1-3-9-19/h1-5,8-11,18H,6-7,12-17H2/t18-/m1/s1. The highest BCUT2D eigenvalue weighted by atomic mass is 16.5. The van der Waals surface area contributed by atoms with Crippen LogP contribution in [0.2, 0.25) is 0 Å². The highest BCUT2D eigenvalue weighted by Gasteiger charge is 2.33. The molecular formula is C25H26N4O4. The molecule has 0 radical (unpaired) electrons. The Morgan fingerprint density at radius 2 is 1.58 bits per heavy atom. The minimum atomic E-state index is -0.271. The Morgan fingerprint density at radius 1 is 0.879 bits per heavy atom. The van der Waals surface area contributed by atoms with Crippen molar-refractivity contribution >= 4 is 22.6 Å². The lowest BCUT2D eigenvalue weighted by molar-refractivity contribution is -0.141. The summed E-state index contributed by atoms with van der Waals surface area (Å²) in [6.45, 7) is 3.22. The highest BCUT2D eigenvalue weighted by Crippen LogP contribution is 2.23. The minimum Gasteiger partial charge on any atom is -0.378 e. The average Bonchev–Trinajstić information content (AvgIpc) is 2.89. The quantitative estimate of drug-likeness (QED) is 0.615. The van der Waals surface area contributed by atoms with Crippen molar-refractivity contribution in [1.82, 2.24) is 19.6 Å². The number of hydrogen-bond acceptors (Lipinski definition) is 5. The fraction of sp³-hybridized carbons (Fsp3) is 0.360. The van der Waals surface area contributed by atoms with Crippen LogP contribution in [0.1, 0.15) is 23.3 Å². The van der Waals surface area contributed by atoms with E-state index in [9.17, 15) is 14.4 Å². The van der Waals surface area contributed by atoms with E-state index in [0.29, 0.717) is 55.9 Å². The molecule has 0 bridgehead atoms. The van der Waals surface area contributed by atoms with Crippen LogP contribution in [-0.4, -0.2) is 70.8 Å². The van der Waals surface area contributed by atoms with Gasteiger partial charge in [0.15, 0.2) is 5.69 Å². The van der Waals surface area contributed by atoms with Crippen molar-refractivity contribution in [1.29, 1.82) is 0 Å². The van der Waals surface area contributed by atoms with E-state index in [1.54, 1.807) is 41.3 Å². The van der Waals surface area contributed by atoms with Gasteiger partial charge >= 0.3 is 0 Å². The van der Waals surface area contributed by atoms with Gasteiger partial charge in [0.1, 0.15) is 0 Å². The van der Waals surface area contributed by atoms with Gasteiger partial charge in [-0.3, -0.25) is 14.4 Å². The molecule has 0 saturated carbocycles. The molecule has 2 aromatic carbocycles. The second-order valence-electron chi connectivity index (χ2n) is 8.47. The summed E-state index contributed by atoms with van der Waals surface area (Å²) in [7, 11) is 0. The number of piperidine rings is 1. The van der Waals surface area contributed by atoms with Gasteiger partial charge in [0.25, 0.3) is 11.5 Å². The summed E-state index contributed by atoms with van der Waals surface area (Å²) in [5, 5.41) is 5.48. The van der Waals surface area contributed by atoms with E-state index in [0.717, 1.165) is 12.8 Å². The van der Waals surface area contributed by atoms with Crippen LogP contribution in [0, 0.1) is 5.92 Å². The number of morpholine rings is 1. The number of para-hydroxylation sites is 1. The van der Waals surface area contributed by atoms with Gasteiger partial charge in [0.05, 0.1) is 30.2 Å². The van der Waals surface area contributed by atoms with Crippen LogP contribution < -0.4 is 5.56 Å². The lowest BCUT2D eigenvalue weighted by Gasteiger charge is -2.36. The van der Waals surface area contributed by atoms with Gasteiger partial charge in [-0.15, -0.1) is 0 Å². The van der Waals surface area contributed by atoms with Crippen molar-refractivity contribution in [3.8, 4) is 5.69 Å². The Kier molecular flexibility index (Phi) is 5.92. The van der Waals surface area contributed by atoms with Gasteiger partial charge < -0.3 is 14.5 Å². The Hall–Kier alpha value is -3.52. The summed E-state index contributed by atoms with van der Waals surface area (Å²) in [6.07, 6.45) is 1.51. The number of ether oxygens (including phenoxy) is 1. The maximum atomic E-state index is 13.7. The fourth-order valence-electron chi connectivity index (χ4n) is 4.65. The maximum absolute atomic E-state index is 13.7. The van der Waals surface area contributed by atoms with E-state index in [1.165, 1.54) is 4.68 Å². The molecule has 8 heteroatoms. The van der Waals surface area contributed by atoms with E-state index < -0.39 is 0 Å². The van der Waals surface area contributed by atoms with Gasteiger partial charge in [-0.05, 0) is 31.0 Å². The Morgan fingerprint density at radius 3 is 2.33 bits per heavy atom. The number of carbonyl (C=O) groups is 2. The molecule has 33 heavy (non-hydrogen) atoms. The molecule has 2 saturated heterocycles. The molecule has 2 aliphatic heterocycles. The van der Waals surface area contributed by atoms with Crippen LogP contribution in [0.4, 0.5) is 0 Å². The number of aromatic nitrogens is 2. The predicted molar refractivity (Wildman–Crippen MR) is 123 cm³/mol. The number of likely N-dealkylation sites (tertiary alicyclic amines) is 1. The molecule has 0 unspecified atom stereocenters. The van der Waals surface area contributed by atoms with Crippen molar-refractivity contribution in [3.05, 3.63) is 70.6 Å². The Labute approximate surface area is 191 Å². The van der Waals surface area contributed by atoms with Gasteiger partial charge in [-0.2, -0.15) is 9.78 Å². The molecule has 2 aliphatic rings. The predicted octanol–water partition coefficient (Wildman–Crippen LogP) is 2.10. The zero-order valence-electron chi connectivity index (χ0n) is 18.4. The van der Waals surface area contributed by atoms with E-state index in [1.807, 2.05) is 23.1 Å². The van der Waals surface area contributed by atoms with Crippen LogP contribution in [0.5, 0.6) is 0 Å². The fourth-order valence-corrected chi connectivity index (χ4v) is 4.65. The monoisotopic (exact) mass is 446 g/mol. The number of nitrogens with zero attached hydrogens (tertiary/aromatic N) is 4. The first kappa shape index (κ1) is 21.3. The molecule has 170 valence electrons. The lowest BCUT2D eigenvalue weighted by Crippen LogP contribution is -2.49. The number of amides is 2. The molecule has 2 amide bonds. The van der Waals surface area contributed by atoms with Crippen molar-refractivity contribution in [2.75, 3.05) is 39.4 Å². The Balaban J connectivity index is 1.48. The third kappa shape index (κ3) is 4.14. The zero-order chi connectivity index (χ0) is 22.8. The number of rotatable bonds is 3. The molecule has 5 rings (SSSR count). The second-order valence-corrected chi connectivity index (χ2v) is 8.47. The second kappa shape index (κ2) is 9.15. The Bertz CT molecular complexity index is 1230. The molecule has 1 atom stereocenters. The van der Waals surface area contributed by atoms with Gasteiger partial charge in [0, 0.05) is 31.6 Å². The highest BCUT2D eigenvalue weighted by molar-refractivity contribution is 6.05. The molecule has 0 aliphatic carbocycles. The molecule has 8 nitrogen and oxygen atoms in total. The van der Waals surface area contributed by atoms with E-state index in [-0.39, 0.29) is 29.0 Å². The molecule has 3 heterocycles. The van der Waals surface area contributed by atoms with Crippen LogP contribution >= 0.6 is 0 Å². The normalized spacial score (nSPS) is 19.0. The molecule has 0 N–H and O–H groups in total. The first-order valence-electron chi connectivity index (χ1n) is 11.4. The summed E-state index contributed by atoms with van der Waals surface area (Å²) in [4.78, 5) is 43.3. The first-order valence-corrected chi connectivity index (χ1v) is 11.4. The van der Waals surface area contributed by atoms with Gasteiger partial charge in [-0.1, -0.05) is 36.4 Å². The van der Waals surface area contributed by atoms with Crippen molar-refractivity contribution in [2.24, 2.45) is 5.92 Å². The molecular weight excluding hydrogens is 420 g/mol. The average molecular weight is 447 g/mol. The zero-order valence-corrected chi connectivity index (χ0v) is 18.4. The number of benzene rings is 2. The summed E-state index contributed by atoms with van der Waals surface area (Å²) in [5.74, 6) is -0.398. The van der Waals surface area contributed by atoms with Crippen LogP contribution in [-0.2, 0) is 9.53 Å². The topological polar surface area (TPSA) is 84.7 Å². The van der Waals surface area contributed by atoms with E-state index >= 15 is 0 Å². The van der Waals surface area contributed by atoms with Gasteiger partial charge in [-0.25, -0.2) is 0 Å². The third-order valence-electron chi connectivity index (χ3n) is 6.39. The van der Waals surface area contributed by atoms with E-state index in [2.05, 4.69) is 5.10 Å². The van der Waals surface area contributed by atoms with Gasteiger partial charge in [0.2, 0.25) is 5.91 Å². The molecule has 2 fully saturated rings. The van der Waals surface area contributed by atoms with Crippen LogP contribution in [0.3, 0.4) is 0 Å². The summed E-state index contributed by atoms with van der Waals surface area (Å²) in [5.41, 5.74) is 0.558. The van der Waals surface area contributed by atoms with Crippen LogP contribution in [0.25, 0.3) is 16.5 Å². The van der Waals surface area contributed by atoms with Crippen LogP contribution in [0.15, 0.2) is 59.4 Å². The summed E-state index contributed by atoms with van der Waals surface area (Å²) in [6, 6.07) is 16.1.